The lowest BCUT2D eigenvalue weighted by atomic mass is 10.1. The highest BCUT2D eigenvalue weighted by Crippen LogP contribution is 2.39. The van der Waals surface area contributed by atoms with E-state index in [2.05, 4.69) is 0 Å². The summed E-state index contributed by atoms with van der Waals surface area (Å²) in [5.74, 6) is 0.506. The van der Waals surface area contributed by atoms with Gasteiger partial charge < -0.3 is 19.1 Å². The number of methoxy groups -OCH3 is 3. The highest BCUT2D eigenvalue weighted by molar-refractivity contribution is 7.94. The van der Waals surface area contributed by atoms with E-state index in [4.69, 9.17) is 14.2 Å². The second-order valence-corrected chi connectivity index (χ2v) is 8.08. The predicted octanol–water partition coefficient (Wildman–Crippen LogP) is 2.67. The third-order valence-corrected chi connectivity index (χ3v) is 5.79. The summed E-state index contributed by atoms with van der Waals surface area (Å²) in [7, 11) is 1.06. The van der Waals surface area contributed by atoms with E-state index in [1.165, 1.54) is 32.3 Å². The quantitative estimate of drug-likeness (QED) is 0.738. The second kappa shape index (κ2) is 7.93. The predicted molar refractivity (Wildman–Crippen MR) is 106 cm³/mol. The Balaban J connectivity index is 2.09. The van der Waals surface area contributed by atoms with Crippen LogP contribution in [0.25, 0.3) is 0 Å². The monoisotopic (exact) mass is 403 g/mol. The molecule has 3 rings (SSSR count). The minimum atomic E-state index is -3.34. The normalized spacial score (nSPS) is 17.2. The SMILES string of the molecule is COc1cc(C(=O)N(c2ccccc2)[C@@H]2C=CS(=O)(=O)C2)cc(OC)c1OC. The molecule has 0 bridgehead atoms. The minimum Gasteiger partial charge on any atom is -0.493 e. The Labute approximate surface area is 164 Å². The van der Waals surface area contributed by atoms with E-state index < -0.39 is 15.9 Å². The summed E-state index contributed by atoms with van der Waals surface area (Å²) in [6.45, 7) is 0. The van der Waals surface area contributed by atoms with Crippen molar-refractivity contribution in [3.63, 3.8) is 0 Å². The number of ether oxygens (including phenoxy) is 3. The Bertz CT molecular complexity index is 976. The van der Waals surface area contributed by atoms with Crippen LogP contribution in [-0.4, -0.2) is 47.4 Å². The number of hydrogen-bond donors (Lipinski definition) is 0. The van der Waals surface area contributed by atoms with Gasteiger partial charge in [-0.1, -0.05) is 18.2 Å². The molecule has 7 nitrogen and oxygen atoms in total. The molecule has 0 N–H and O–H groups in total. The number of amides is 1. The van der Waals surface area contributed by atoms with Crippen molar-refractivity contribution < 1.29 is 27.4 Å². The van der Waals surface area contributed by atoms with Crippen molar-refractivity contribution >= 4 is 21.4 Å². The molecule has 0 unspecified atom stereocenters. The Kier molecular flexibility index (Phi) is 5.60. The average Bonchev–Trinajstić information content (AvgIpc) is 3.06. The zero-order valence-corrected chi connectivity index (χ0v) is 16.6. The van der Waals surface area contributed by atoms with Crippen LogP contribution in [0.3, 0.4) is 0 Å². The fourth-order valence-electron chi connectivity index (χ4n) is 3.11. The van der Waals surface area contributed by atoms with Gasteiger partial charge in [-0.25, -0.2) is 8.42 Å². The average molecular weight is 403 g/mol. The summed E-state index contributed by atoms with van der Waals surface area (Å²) in [5, 5.41) is 1.15. The minimum absolute atomic E-state index is 0.169. The molecule has 148 valence electrons. The van der Waals surface area contributed by atoms with E-state index >= 15 is 0 Å². The van der Waals surface area contributed by atoms with Crippen molar-refractivity contribution in [1.82, 2.24) is 0 Å². The molecule has 1 heterocycles. The van der Waals surface area contributed by atoms with Gasteiger partial charge in [0, 0.05) is 16.7 Å². The maximum absolute atomic E-state index is 13.4. The summed E-state index contributed by atoms with van der Waals surface area (Å²) < 4.78 is 39.8. The van der Waals surface area contributed by atoms with Crippen molar-refractivity contribution in [2.45, 2.75) is 6.04 Å². The van der Waals surface area contributed by atoms with Gasteiger partial charge in [-0.05, 0) is 30.3 Å². The number of hydrogen-bond acceptors (Lipinski definition) is 6. The van der Waals surface area contributed by atoms with Crippen LogP contribution in [0.2, 0.25) is 0 Å². The van der Waals surface area contributed by atoms with Crippen LogP contribution in [0.1, 0.15) is 10.4 Å². The number of anilines is 1. The first-order valence-electron chi connectivity index (χ1n) is 8.49. The topological polar surface area (TPSA) is 82.1 Å². The van der Waals surface area contributed by atoms with Crippen LogP contribution >= 0.6 is 0 Å². The molecule has 8 heteroatoms. The Morgan fingerprint density at radius 3 is 2.07 bits per heavy atom. The number of carbonyl (C=O) groups excluding carboxylic acids is 1. The number of carbonyl (C=O) groups is 1. The maximum atomic E-state index is 13.4. The first-order chi connectivity index (χ1) is 13.4. The van der Waals surface area contributed by atoms with Crippen molar-refractivity contribution in [2.24, 2.45) is 0 Å². The zero-order valence-electron chi connectivity index (χ0n) is 15.8. The van der Waals surface area contributed by atoms with E-state index in [9.17, 15) is 13.2 Å². The number of benzene rings is 2. The van der Waals surface area contributed by atoms with Gasteiger partial charge in [-0.15, -0.1) is 0 Å². The molecule has 0 aromatic heterocycles. The van der Waals surface area contributed by atoms with Crippen LogP contribution in [0.15, 0.2) is 53.9 Å². The first-order valence-corrected chi connectivity index (χ1v) is 10.2. The lowest BCUT2D eigenvalue weighted by Crippen LogP contribution is -2.41. The fourth-order valence-corrected chi connectivity index (χ4v) is 4.38. The fraction of sp³-hybridized carbons (Fsp3) is 0.250. The smallest absolute Gasteiger partial charge is 0.259 e. The molecule has 0 aliphatic carbocycles. The molecular formula is C20H21NO6S. The first kappa shape index (κ1) is 19.8. The number of nitrogens with zero attached hydrogens (tertiary/aromatic N) is 1. The van der Waals surface area contributed by atoms with E-state index in [-0.39, 0.29) is 17.2 Å². The number of rotatable bonds is 6. The Hall–Kier alpha value is -3.00. The van der Waals surface area contributed by atoms with Crippen LogP contribution in [-0.2, 0) is 9.84 Å². The lowest BCUT2D eigenvalue weighted by molar-refractivity contribution is 0.0982. The van der Waals surface area contributed by atoms with Gasteiger partial charge in [0.25, 0.3) is 5.91 Å². The standard InChI is InChI=1S/C20H21NO6S/c1-25-17-11-14(12-18(26-2)19(17)27-3)20(22)21(15-7-5-4-6-8-15)16-9-10-28(23,24)13-16/h4-12,16H,13H2,1-3H3/t16-/m1/s1. The van der Waals surface area contributed by atoms with Crippen molar-refractivity contribution in [1.29, 1.82) is 0 Å². The van der Waals surface area contributed by atoms with E-state index in [1.54, 1.807) is 36.4 Å². The molecule has 0 saturated heterocycles. The molecule has 0 spiro atoms. The van der Waals surface area contributed by atoms with Crippen LogP contribution in [0.5, 0.6) is 17.2 Å². The molecule has 0 fully saturated rings. The molecule has 2 aromatic carbocycles. The molecule has 1 aliphatic rings. The van der Waals surface area contributed by atoms with E-state index in [0.29, 0.717) is 22.9 Å². The highest BCUT2D eigenvalue weighted by atomic mass is 32.2. The Morgan fingerprint density at radius 2 is 1.61 bits per heavy atom. The third-order valence-electron chi connectivity index (χ3n) is 4.41. The molecule has 28 heavy (non-hydrogen) atoms. The van der Waals surface area contributed by atoms with Gasteiger partial charge in [0.2, 0.25) is 5.75 Å². The molecular weight excluding hydrogens is 382 g/mol. The van der Waals surface area contributed by atoms with E-state index in [0.717, 1.165) is 5.41 Å². The summed E-state index contributed by atoms with van der Waals surface area (Å²) in [6.07, 6.45) is 1.53. The largest absolute Gasteiger partial charge is 0.493 e. The summed E-state index contributed by atoms with van der Waals surface area (Å²) in [5.41, 5.74) is 0.879. The van der Waals surface area contributed by atoms with Gasteiger partial charge in [0.15, 0.2) is 21.3 Å². The molecule has 1 aliphatic heterocycles. The van der Waals surface area contributed by atoms with Crippen LogP contribution in [0.4, 0.5) is 5.69 Å². The van der Waals surface area contributed by atoms with Gasteiger partial charge >= 0.3 is 0 Å². The summed E-state index contributed by atoms with van der Waals surface area (Å²) in [4.78, 5) is 14.9. The second-order valence-electron chi connectivity index (χ2n) is 6.15. The molecule has 1 atom stereocenters. The molecule has 2 aromatic rings. The van der Waals surface area contributed by atoms with Gasteiger partial charge in [-0.2, -0.15) is 0 Å². The van der Waals surface area contributed by atoms with Crippen molar-refractivity contribution in [3.05, 3.63) is 59.5 Å². The highest BCUT2D eigenvalue weighted by Gasteiger charge is 2.32. The van der Waals surface area contributed by atoms with Crippen LogP contribution < -0.4 is 19.1 Å². The summed E-state index contributed by atoms with van der Waals surface area (Å²) in [6, 6.07) is 11.4. The van der Waals surface area contributed by atoms with Gasteiger partial charge in [-0.3, -0.25) is 4.79 Å². The van der Waals surface area contributed by atoms with Crippen LogP contribution in [0, 0.1) is 0 Å². The molecule has 1 amide bonds. The molecule has 0 radical (unpaired) electrons. The van der Waals surface area contributed by atoms with Crippen molar-refractivity contribution in [3.8, 4) is 17.2 Å². The van der Waals surface area contributed by atoms with E-state index in [1.807, 2.05) is 6.07 Å². The maximum Gasteiger partial charge on any atom is 0.259 e. The molecule has 0 saturated carbocycles. The zero-order chi connectivity index (χ0) is 20.3. The Morgan fingerprint density at radius 1 is 1.00 bits per heavy atom. The van der Waals surface area contributed by atoms with Gasteiger partial charge in [0.05, 0.1) is 33.1 Å². The lowest BCUT2D eigenvalue weighted by Gasteiger charge is -2.28. The van der Waals surface area contributed by atoms with Crippen molar-refractivity contribution in [2.75, 3.05) is 32.0 Å². The number of sulfone groups is 1. The van der Waals surface area contributed by atoms with Gasteiger partial charge in [0.1, 0.15) is 0 Å². The number of para-hydroxylation sites is 1. The third kappa shape index (κ3) is 3.82. The summed E-state index contributed by atoms with van der Waals surface area (Å²) >= 11 is 0.